The highest BCUT2D eigenvalue weighted by molar-refractivity contribution is 6.42. The van der Waals surface area contributed by atoms with Crippen molar-refractivity contribution in [2.45, 2.75) is 141 Å². The number of alkyl halides is 3. The van der Waals surface area contributed by atoms with Gasteiger partial charge >= 0.3 is 6.18 Å². The molecule has 0 spiro atoms. The molecule has 5 aliphatic heterocycles. The van der Waals surface area contributed by atoms with E-state index in [0.29, 0.717) is 34.3 Å². The molecule has 0 radical (unpaired) electrons. The lowest BCUT2D eigenvalue weighted by molar-refractivity contribution is -0.137. The Morgan fingerprint density at radius 3 is 0.988 bits per heavy atom. The summed E-state index contributed by atoms with van der Waals surface area (Å²) in [5.74, 6) is 1.00. The monoisotopic (exact) mass is 1310 g/mol. The summed E-state index contributed by atoms with van der Waals surface area (Å²) in [6.45, 7) is 28.3. The summed E-state index contributed by atoms with van der Waals surface area (Å²) in [4.78, 5) is 12.0. The average molecular weight is 1320 g/mol. The van der Waals surface area contributed by atoms with Crippen LogP contribution in [-0.2, 0) is 6.18 Å². The summed E-state index contributed by atoms with van der Waals surface area (Å²) in [7, 11) is 0. The lowest BCUT2D eigenvalue weighted by atomic mass is 9.88. The second-order valence-electron chi connectivity index (χ2n) is 23.3. The van der Waals surface area contributed by atoms with Gasteiger partial charge in [-0.1, -0.05) is 164 Å². The van der Waals surface area contributed by atoms with Crippen LogP contribution in [0.15, 0.2) is 104 Å². The largest absolute Gasteiger partial charge is 0.417 e. The first-order valence-corrected chi connectivity index (χ1v) is 33.4. The Morgan fingerprint density at radius 2 is 0.674 bits per heavy atom. The molecular weight excluding hydrogens is 1230 g/mol. The molecule has 5 fully saturated rings. The van der Waals surface area contributed by atoms with Crippen LogP contribution in [0.2, 0.25) is 30.1 Å². The van der Waals surface area contributed by atoms with Gasteiger partial charge in [0.1, 0.15) is 17.5 Å². The van der Waals surface area contributed by atoms with Gasteiger partial charge in [0.15, 0.2) is 0 Å². The maximum Gasteiger partial charge on any atom is 0.417 e. The molecule has 0 saturated carbocycles. The second-order valence-corrected chi connectivity index (χ2v) is 25.7. The van der Waals surface area contributed by atoms with Crippen molar-refractivity contribution in [2.75, 3.05) is 98.2 Å². The lowest BCUT2D eigenvalue weighted by Crippen LogP contribution is -2.33. The van der Waals surface area contributed by atoms with Gasteiger partial charge in [0.05, 0.1) is 35.7 Å². The molecule has 0 N–H and O–H groups in total. The van der Waals surface area contributed by atoms with Crippen LogP contribution in [0.1, 0.15) is 168 Å². The van der Waals surface area contributed by atoms with E-state index >= 15 is 0 Å². The Hall–Kier alpha value is -3.04. The molecule has 0 amide bonds. The Kier molecular flexibility index (Phi) is 30.8. The van der Waals surface area contributed by atoms with Crippen molar-refractivity contribution in [1.29, 1.82) is 0 Å². The third-order valence-corrected chi connectivity index (χ3v) is 19.9. The first-order chi connectivity index (χ1) is 41.3. The van der Waals surface area contributed by atoms with Crippen molar-refractivity contribution >= 4 is 69.6 Å². The Labute approximate surface area is 540 Å². The molecule has 5 aromatic rings. The Morgan fingerprint density at radius 1 is 0.395 bits per heavy atom. The van der Waals surface area contributed by atoms with Gasteiger partial charge < -0.3 is 19.6 Å². The van der Waals surface area contributed by atoms with Crippen LogP contribution in [-0.4, -0.2) is 123 Å². The van der Waals surface area contributed by atoms with E-state index in [2.05, 4.69) is 64.8 Å². The van der Waals surface area contributed by atoms with E-state index in [9.17, 15) is 26.3 Å². The van der Waals surface area contributed by atoms with Crippen molar-refractivity contribution in [3.8, 4) is 0 Å². The third-order valence-electron chi connectivity index (χ3n) is 17.8. The summed E-state index contributed by atoms with van der Waals surface area (Å²) in [5.41, 5.74) is 3.53. The fourth-order valence-corrected chi connectivity index (χ4v) is 14.1. The summed E-state index contributed by atoms with van der Waals surface area (Å²) in [6.07, 6.45) is 10.2. The summed E-state index contributed by atoms with van der Waals surface area (Å²) in [6, 6.07) is 26.2. The van der Waals surface area contributed by atoms with Gasteiger partial charge in [0, 0.05) is 6.54 Å². The van der Waals surface area contributed by atoms with Gasteiger partial charge in [-0.2, -0.15) is 13.2 Å². The van der Waals surface area contributed by atoms with Crippen LogP contribution in [0.25, 0.3) is 0 Å². The van der Waals surface area contributed by atoms with Crippen molar-refractivity contribution in [3.63, 3.8) is 0 Å². The molecule has 5 nitrogen and oxygen atoms in total. The van der Waals surface area contributed by atoms with Crippen LogP contribution in [0.4, 0.5) is 26.3 Å². The summed E-state index contributed by atoms with van der Waals surface area (Å²) >= 11 is 35.8. The average Bonchev–Trinajstić information content (AvgIpc) is 2.90. The van der Waals surface area contributed by atoms with E-state index in [0.717, 1.165) is 158 Å². The minimum atomic E-state index is -4.38. The fourth-order valence-electron chi connectivity index (χ4n) is 12.7. The number of rotatable bonds is 13. The molecule has 5 heterocycles. The first-order valence-electron chi connectivity index (χ1n) is 31.2. The van der Waals surface area contributed by atoms with E-state index in [1.807, 2.05) is 54.6 Å². The van der Waals surface area contributed by atoms with Crippen molar-refractivity contribution in [2.24, 2.45) is 0 Å². The highest BCUT2D eigenvalue weighted by Crippen LogP contribution is 2.42. The molecule has 474 valence electrons. The van der Waals surface area contributed by atoms with E-state index in [4.69, 9.17) is 69.6 Å². The molecule has 0 aliphatic carbocycles. The van der Waals surface area contributed by atoms with Gasteiger partial charge in [-0.25, -0.2) is 13.2 Å². The SMILES string of the molecule is C=CCN1CCC(c2cccc(Cl)c2F)CC1.CCCN1CCC(c2cccc(Cl)c2Cl)CC1.CCCN1CCC(c2cccc(Cl)c2F)CC1.CCN1CCC(c2cccc(C(F)(F)F)c2Cl)CC1.CCN1CCC(c2cccc(Cl)c2F)CC1. The number of nitrogens with zero attached hydrogens (tertiary/aromatic N) is 5. The van der Waals surface area contributed by atoms with E-state index in [-0.39, 0.29) is 43.5 Å². The number of piperidine rings is 5. The maximum atomic E-state index is 13.9. The number of likely N-dealkylation sites (tertiary alicyclic amines) is 5. The van der Waals surface area contributed by atoms with Crippen molar-refractivity contribution < 1.29 is 26.3 Å². The lowest BCUT2D eigenvalue weighted by Gasteiger charge is -2.32. The fraction of sp³-hybridized carbons (Fsp3) is 0.536. The van der Waals surface area contributed by atoms with E-state index in [1.165, 1.54) is 56.9 Å². The molecule has 86 heavy (non-hydrogen) atoms. The van der Waals surface area contributed by atoms with Crippen LogP contribution in [0.5, 0.6) is 0 Å². The number of hydrogen-bond donors (Lipinski definition) is 0. The van der Waals surface area contributed by atoms with Gasteiger partial charge in [-0.15, -0.1) is 6.58 Å². The van der Waals surface area contributed by atoms with E-state index < -0.39 is 11.7 Å². The first kappa shape index (κ1) is 72.0. The molecule has 0 aromatic heterocycles. The quantitative estimate of drug-likeness (QED) is 0.0860. The molecule has 0 atom stereocenters. The Balaban J connectivity index is 0.000000172. The number of halogens is 12. The van der Waals surface area contributed by atoms with Crippen molar-refractivity contribution in [1.82, 2.24) is 24.5 Å². The predicted octanol–water partition coefficient (Wildman–Crippen LogP) is 20.7. The zero-order valence-electron chi connectivity index (χ0n) is 50.7. The van der Waals surface area contributed by atoms with Crippen LogP contribution < -0.4 is 0 Å². The zero-order valence-corrected chi connectivity index (χ0v) is 55.2. The normalized spacial score (nSPS) is 18.6. The maximum absolute atomic E-state index is 13.9. The second kappa shape index (κ2) is 36.7. The van der Waals surface area contributed by atoms with E-state index in [1.54, 1.807) is 24.3 Å². The molecule has 0 bridgehead atoms. The Bertz CT molecular complexity index is 2750. The highest BCUT2D eigenvalue weighted by Gasteiger charge is 2.35. The molecule has 17 heteroatoms. The standard InChI is InChI=1S/C14H19Cl2N.C14H17ClF3N.C14H19ClFN.C14H17ClFN.C13H17ClFN/c1-2-8-17-9-6-11(7-10-17)12-4-3-5-13(15)14(12)16;1-2-19-8-6-10(7-9-19)11-4-3-5-12(13(11)15)14(16,17)18;2*1-2-8-17-9-6-11(7-10-17)12-4-3-5-13(15)14(12)16;1-2-16-8-6-10(7-9-16)11-4-3-5-12(14)13(11)15/h3-5,11H,2,6-10H2,1H3;3-5,10H,2,6-9H2,1H3;3-5,11H,2,6-10H2,1H3;2-5,11H,1,6-10H2;3-5,10H,2,6-9H2,1H3. The summed E-state index contributed by atoms with van der Waals surface area (Å²) in [5, 5.41) is 2.04. The third kappa shape index (κ3) is 21.3. The van der Waals surface area contributed by atoms with Gasteiger partial charge in [0.25, 0.3) is 0 Å². The molecule has 5 saturated heterocycles. The molecule has 5 aromatic carbocycles. The van der Waals surface area contributed by atoms with Crippen LogP contribution in [0, 0.1) is 17.5 Å². The van der Waals surface area contributed by atoms with Crippen LogP contribution >= 0.6 is 69.6 Å². The predicted molar refractivity (Wildman–Crippen MR) is 351 cm³/mol. The van der Waals surface area contributed by atoms with Crippen molar-refractivity contribution in [3.05, 3.63) is 185 Å². The smallest absolute Gasteiger partial charge is 0.304 e. The molecule has 5 aliphatic rings. The molecule has 0 unspecified atom stereocenters. The minimum Gasteiger partial charge on any atom is -0.304 e. The van der Waals surface area contributed by atoms with Gasteiger partial charge in [0.2, 0.25) is 0 Å². The topological polar surface area (TPSA) is 16.2 Å². The highest BCUT2D eigenvalue weighted by atomic mass is 35.5. The van der Waals surface area contributed by atoms with Crippen LogP contribution in [0.3, 0.4) is 0 Å². The number of hydrogen-bond acceptors (Lipinski definition) is 5. The minimum absolute atomic E-state index is 0.120. The van der Waals surface area contributed by atoms with Gasteiger partial charge in [-0.3, -0.25) is 4.90 Å². The molecule has 10 rings (SSSR count). The molecular formula is C69H89Cl6F6N5. The summed E-state index contributed by atoms with van der Waals surface area (Å²) < 4.78 is 80.0. The van der Waals surface area contributed by atoms with Gasteiger partial charge in [-0.05, 0) is 256 Å². The zero-order chi connectivity index (χ0) is 62.3. The number of benzene rings is 5.